The number of ether oxygens (including phenoxy) is 1. The summed E-state index contributed by atoms with van der Waals surface area (Å²) in [6.45, 7) is 7.08. The molecule has 1 aliphatic heterocycles. The number of methoxy groups -OCH3 is 1. The van der Waals surface area contributed by atoms with E-state index >= 15 is 0 Å². The van der Waals surface area contributed by atoms with Gasteiger partial charge in [0, 0.05) is 53.4 Å². The third-order valence-corrected chi connectivity index (χ3v) is 4.69. The fourth-order valence-electron chi connectivity index (χ4n) is 2.97. The number of piperazine rings is 1. The van der Waals surface area contributed by atoms with Crippen LogP contribution in [0.4, 0.5) is 4.39 Å². The standard InChI is InChI=1S/C20H32FN5O2.HI/c1-5-8-22-20(23-14-19(27)24(2)3)26-11-9-25(10-12-26)15-16-6-7-18(28-4)17(21)13-16;/h6-7,13H,5,8-12,14-15H2,1-4H3,(H,22,23);1H. The van der Waals surface area contributed by atoms with E-state index in [0.29, 0.717) is 6.54 Å². The minimum absolute atomic E-state index is 0. The van der Waals surface area contributed by atoms with Crippen molar-refractivity contribution < 1.29 is 13.9 Å². The lowest BCUT2D eigenvalue weighted by atomic mass is 10.2. The van der Waals surface area contributed by atoms with Crippen LogP contribution < -0.4 is 10.1 Å². The monoisotopic (exact) mass is 521 g/mol. The molecule has 0 saturated carbocycles. The zero-order chi connectivity index (χ0) is 20.5. The summed E-state index contributed by atoms with van der Waals surface area (Å²) in [5.41, 5.74) is 0.932. The molecule has 0 unspecified atom stereocenters. The number of rotatable bonds is 7. The fraction of sp³-hybridized carbons (Fsp3) is 0.600. The highest BCUT2D eigenvalue weighted by molar-refractivity contribution is 14.0. The number of likely N-dealkylation sites (N-methyl/N-ethyl adjacent to an activating group) is 1. The van der Waals surface area contributed by atoms with Gasteiger partial charge >= 0.3 is 0 Å². The van der Waals surface area contributed by atoms with Crippen molar-refractivity contribution in [3.63, 3.8) is 0 Å². The molecule has 0 radical (unpaired) electrons. The molecule has 0 spiro atoms. The number of benzene rings is 1. The number of amides is 1. The number of aliphatic imine (C=N–C) groups is 1. The van der Waals surface area contributed by atoms with E-state index in [1.165, 1.54) is 13.2 Å². The average Bonchev–Trinajstić information content (AvgIpc) is 2.68. The zero-order valence-electron chi connectivity index (χ0n) is 17.8. The van der Waals surface area contributed by atoms with Crippen LogP contribution in [-0.2, 0) is 11.3 Å². The Hall–Kier alpha value is -1.62. The molecule has 1 aromatic rings. The van der Waals surface area contributed by atoms with Crippen LogP contribution in [-0.4, -0.2) is 87.0 Å². The largest absolute Gasteiger partial charge is 0.494 e. The van der Waals surface area contributed by atoms with Gasteiger partial charge in [0.2, 0.25) is 5.91 Å². The zero-order valence-corrected chi connectivity index (χ0v) is 20.1. The maximum atomic E-state index is 13.9. The van der Waals surface area contributed by atoms with E-state index < -0.39 is 0 Å². The van der Waals surface area contributed by atoms with E-state index in [-0.39, 0.29) is 48.0 Å². The van der Waals surface area contributed by atoms with E-state index in [2.05, 4.69) is 27.0 Å². The molecule has 164 valence electrons. The van der Waals surface area contributed by atoms with Crippen molar-refractivity contribution in [2.75, 3.05) is 60.5 Å². The van der Waals surface area contributed by atoms with E-state index in [1.807, 2.05) is 6.07 Å². The van der Waals surface area contributed by atoms with Gasteiger partial charge in [0.15, 0.2) is 17.5 Å². The quantitative estimate of drug-likeness (QED) is 0.338. The Kier molecular flexibility index (Phi) is 11.3. The second-order valence-corrected chi connectivity index (χ2v) is 7.09. The lowest BCUT2D eigenvalue weighted by Gasteiger charge is -2.36. The van der Waals surface area contributed by atoms with Gasteiger partial charge in [0.25, 0.3) is 0 Å². The number of guanidine groups is 1. The van der Waals surface area contributed by atoms with Gasteiger partial charge in [-0.2, -0.15) is 0 Å². The van der Waals surface area contributed by atoms with Crippen LogP contribution in [0.5, 0.6) is 5.75 Å². The summed E-state index contributed by atoms with van der Waals surface area (Å²) >= 11 is 0. The van der Waals surface area contributed by atoms with E-state index in [1.54, 1.807) is 25.1 Å². The number of nitrogens with zero attached hydrogens (tertiary/aromatic N) is 4. The first-order chi connectivity index (χ1) is 13.4. The Labute approximate surface area is 190 Å². The molecule has 2 rings (SSSR count). The number of halogens is 2. The third kappa shape index (κ3) is 7.96. The second kappa shape index (κ2) is 12.8. The predicted molar refractivity (Wildman–Crippen MR) is 125 cm³/mol. The first-order valence-electron chi connectivity index (χ1n) is 9.72. The van der Waals surface area contributed by atoms with Crippen molar-refractivity contribution >= 4 is 35.8 Å². The second-order valence-electron chi connectivity index (χ2n) is 7.09. The minimum Gasteiger partial charge on any atom is -0.494 e. The van der Waals surface area contributed by atoms with Crippen molar-refractivity contribution in [2.24, 2.45) is 4.99 Å². The Balaban J connectivity index is 0.00000420. The molecule has 7 nitrogen and oxygen atoms in total. The summed E-state index contributed by atoms with van der Waals surface area (Å²) in [5.74, 6) is 0.703. The normalized spacial score (nSPS) is 14.9. The summed E-state index contributed by atoms with van der Waals surface area (Å²) in [7, 11) is 4.94. The van der Waals surface area contributed by atoms with Crippen molar-refractivity contribution in [1.29, 1.82) is 0 Å². The van der Waals surface area contributed by atoms with Crippen molar-refractivity contribution in [1.82, 2.24) is 20.0 Å². The molecule has 29 heavy (non-hydrogen) atoms. The number of hydrogen-bond donors (Lipinski definition) is 1. The highest BCUT2D eigenvalue weighted by Gasteiger charge is 2.20. The number of carbonyl (C=O) groups is 1. The summed E-state index contributed by atoms with van der Waals surface area (Å²) in [5, 5.41) is 3.34. The van der Waals surface area contributed by atoms with E-state index in [4.69, 9.17) is 4.74 Å². The van der Waals surface area contributed by atoms with Gasteiger partial charge < -0.3 is 19.9 Å². The first kappa shape index (κ1) is 25.4. The average molecular weight is 521 g/mol. The minimum atomic E-state index is -0.331. The summed E-state index contributed by atoms with van der Waals surface area (Å²) < 4.78 is 18.9. The van der Waals surface area contributed by atoms with Gasteiger partial charge in [-0.1, -0.05) is 13.0 Å². The molecule has 0 aromatic heterocycles. The highest BCUT2D eigenvalue weighted by atomic mass is 127. The molecule has 1 fully saturated rings. The number of hydrogen-bond acceptors (Lipinski definition) is 4. The molecule has 1 saturated heterocycles. The van der Waals surface area contributed by atoms with Crippen LogP contribution in [0.25, 0.3) is 0 Å². The maximum Gasteiger partial charge on any atom is 0.243 e. The van der Waals surface area contributed by atoms with Gasteiger partial charge in [0.05, 0.1) is 7.11 Å². The number of carbonyl (C=O) groups excluding carboxylic acids is 1. The summed E-state index contributed by atoms with van der Waals surface area (Å²) in [4.78, 5) is 22.4. The van der Waals surface area contributed by atoms with Crippen LogP contribution in [0.3, 0.4) is 0 Å². The predicted octanol–water partition coefficient (Wildman–Crippen LogP) is 2.01. The Morgan fingerprint density at radius 3 is 2.52 bits per heavy atom. The molecule has 1 aliphatic rings. The van der Waals surface area contributed by atoms with Gasteiger partial charge in [-0.3, -0.25) is 9.69 Å². The van der Waals surface area contributed by atoms with Gasteiger partial charge in [-0.05, 0) is 24.1 Å². The first-order valence-corrected chi connectivity index (χ1v) is 9.72. The molecular weight excluding hydrogens is 488 g/mol. The molecule has 1 heterocycles. The van der Waals surface area contributed by atoms with Crippen LogP contribution in [0, 0.1) is 5.82 Å². The molecule has 0 bridgehead atoms. The van der Waals surface area contributed by atoms with Crippen LogP contribution in [0.1, 0.15) is 18.9 Å². The molecule has 1 amide bonds. The van der Waals surface area contributed by atoms with Crippen molar-refractivity contribution in [2.45, 2.75) is 19.9 Å². The molecule has 1 aromatic carbocycles. The Morgan fingerprint density at radius 2 is 1.97 bits per heavy atom. The summed E-state index contributed by atoms with van der Waals surface area (Å²) in [6.07, 6.45) is 0.990. The molecular formula is C20H33FIN5O2. The Morgan fingerprint density at radius 1 is 1.28 bits per heavy atom. The molecule has 9 heteroatoms. The van der Waals surface area contributed by atoms with Crippen LogP contribution in [0.2, 0.25) is 0 Å². The van der Waals surface area contributed by atoms with E-state index in [9.17, 15) is 9.18 Å². The van der Waals surface area contributed by atoms with Gasteiger partial charge in [-0.25, -0.2) is 9.38 Å². The lowest BCUT2D eigenvalue weighted by molar-refractivity contribution is -0.127. The molecule has 1 N–H and O–H groups in total. The summed E-state index contributed by atoms with van der Waals surface area (Å²) in [6, 6.07) is 5.10. The smallest absolute Gasteiger partial charge is 0.243 e. The SMILES string of the molecule is CCCNC(=NCC(=O)N(C)C)N1CCN(Cc2ccc(OC)c(F)c2)CC1.I. The molecule has 0 aliphatic carbocycles. The van der Waals surface area contributed by atoms with Crippen LogP contribution >= 0.6 is 24.0 Å². The van der Waals surface area contributed by atoms with Crippen LogP contribution in [0.15, 0.2) is 23.2 Å². The van der Waals surface area contributed by atoms with Crippen molar-refractivity contribution in [3.05, 3.63) is 29.6 Å². The Bertz CT molecular complexity index is 679. The maximum absolute atomic E-state index is 13.9. The van der Waals surface area contributed by atoms with E-state index in [0.717, 1.165) is 50.7 Å². The fourth-order valence-corrected chi connectivity index (χ4v) is 2.97. The van der Waals surface area contributed by atoms with Gasteiger partial charge in [-0.15, -0.1) is 24.0 Å². The lowest BCUT2D eigenvalue weighted by Crippen LogP contribution is -2.52. The van der Waals surface area contributed by atoms with Gasteiger partial charge in [0.1, 0.15) is 6.54 Å². The topological polar surface area (TPSA) is 60.4 Å². The highest BCUT2D eigenvalue weighted by Crippen LogP contribution is 2.19. The van der Waals surface area contributed by atoms with Crippen molar-refractivity contribution in [3.8, 4) is 5.75 Å². The molecule has 0 atom stereocenters. The number of nitrogens with one attached hydrogen (secondary N) is 1. The third-order valence-electron chi connectivity index (χ3n) is 4.69.